The lowest BCUT2D eigenvalue weighted by atomic mass is 10.2. The van der Waals surface area contributed by atoms with Crippen molar-refractivity contribution >= 4 is 28.6 Å². The summed E-state index contributed by atoms with van der Waals surface area (Å²) in [6.07, 6.45) is 3.88. The monoisotopic (exact) mass is 441 g/mol. The molecule has 4 aromatic heterocycles. The minimum Gasteiger partial charge on any atom is -0.378 e. The summed E-state index contributed by atoms with van der Waals surface area (Å²) in [4.78, 5) is 15.1. The van der Waals surface area contributed by atoms with Crippen molar-refractivity contribution in [2.45, 2.75) is 13.5 Å². The first kappa shape index (κ1) is 19.7. The minimum absolute atomic E-state index is 0.469. The number of ether oxygens (including phenoxy) is 1. The Morgan fingerprint density at radius 3 is 2.85 bits per heavy atom. The fourth-order valence-corrected chi connectivity index (χ4v) is 4.16. The number of nitrogens with one attached hydrogen (secondary N) is 1. The van der Waals surface area contributed by atoms with Crippen molar-refractivity contribution < 1.29 is 9.26 Å². The predicted octanol–water partition coefficient (Wildman–Crippen LogP) is 3.63. The van der Waals surface area contributed by atoms with E-state index in [0.717, 1.165) is 58.2 Å². The largest absolute Gasteiger partial charge is 0.378 e. The molecule has 1 aliphatic rings. The van der Waals surface area contributed by atoms with Gasteiger partial charge in [0.05, 0.1) is 25.5 Å². The summed E-state index contributed by atoms with van der Waals surface area (Å²) in [5.74, 6) is 1.72. The van der Waals surface area contributed by atoms with Gasteiger partial charge in [-0.2, -0.15) is 9.61 Å². The van der Waals surface area contributed by atoms with Gasteiger partial charge in [-0.05, 0) is 13.0 Å². The zero-order valence-corrected chi connectivity index (χ0v) is 18.2. The van der Waals surface area contributed by atoms with Gasteiger partial charge in [0.25, 0.3) is 0 Å². The quantitative estimate of drug-likeness (QED) is 0.419. The van der Waals surface area contributed by atoms with Gasteiger partial charge in [0, 0.05) is 60.2 Å². The van der Waals surface area contributed by atoms with Crippen LogP contribution >= 0.6 is 0 Å². The molecule has 0 bridgehead atoms. The Labute approximate surface area is 189 Å². The maximum Gasteiger partial charge on any atom is 0.158 e. The molecule has 9 heteroatoms. The number of hydrogen-bond acceptors (Lipinski definition) is 7. The third kappa shape index (κ3) is 3.76. The first-order valence-electron chi connectivity index (χ1n) is 11.0. The third-order valence-corrected chi connectivity index (χ3v) is 5.79. The van der Waals surface area contributed by atoms with Gasteiger partial charge in [0.1, 0.15) is 23.0 Å². The molecule has 1 aromatic carbocycles. The highest BCUT2D eigenvalue weighted by molar-refractivity contribution is 5.98. The van der Waals surface area contributed by atoms with E-state index in [2.05, 4.69) is 38.2 Å². The molecule has 166 valence electrons. The molecule has 0 radical (unpaired) electrons. The van der Waals surface area contributed by atoms with Crippen LogP contribution in [0.5, 0.6) is 0 Å². The van der Waals surface area contributed by atoms with E-state index in [-0.39, 0.29) is 0 Å². The molecular formula is C24H23N7O2. The van der Waals surface area contributed by atoms with Crippen molar-refractivity contribution in [1.29, 1.82) is 0 Å². The third-order valence-electron chi connectivity index (χ3n) is 5.79. The molecule has 1 N–H and O–H groups in total. The number of nitrogens with zero attached hydrogens (tertiary/aromatic N) is 6. The zero-order chi connectivity index (χ0) is 22.2. The first-order valence-corrected chi connectivity index (χ1v) is 11.0. The van der Waals surface area contributed by atoms with Gasteiger partial charge < -0.3 is 19.1 Å². The second kappa shape index (κ2) is 8.18. The second-order valence-corrected chi connectivity index (χ2v) is 8.09. The van der Waals surface area contributed by atoms with Crippen LogP contribution in [0, 0.1) is 6.92 Å². The molecule has 6 rings (SSSR count). The number of morpholine rings is 1. The Balaban J connectivity index is 1.36. The van der Waals surface area contributed by atoms with Crippen molar-refractivity contribution in [3.8, 4) is 11.4 Å². The maximum atomic E-state index is 5.55. The molecule has 1 saturated heterocycles. The van der Waals surface area contributed by atoms with Crippen molar-refractivity contribution in [3.05, 3.63) is 65.7 Å². The molecule has 0 spiro atoms. The van der Waals surface area contributed by atoms with Crippen molar-refractivity contribution in [2.75, 3.05) is 31.2 Å². The number of benzene rings is 1. The highest BCUT2D eigenvalue weighted by atomic mass is 16.5. The molecule has 33 heavy (non-hydrogen) atoms. The average molecular weight is 441 g/mol. The summed E-state index contributed by atoms with van der Waals surface area (Å²) >= 11 is 0. The van der Waals surface area contributed by atoms with Crippen LogP contribution in [0.2, 0.25) is 0 Å². The van der Waals surface area contributed by atoms with E-state index in [4.69, 9.17) is 19.3 Å². The van der Waals surface area contributed by atoms with Crippen molar-refractivity contribution in [1.82, 2.24) is 24.7 Å². The van der Waals surface area contributed by atoms with Crippen LogP contribution in [0.15, 0.2) is 58.2 Å². The molecule has 0 unspecified atom stereocenters. The van der Waals surface area contributed by atoms with Gasteiger partial charge in [-0.3, -0.25) is 4.99 Å². The van der Waals surface area contributed by atoms with Gasteiger partial charge in [0.15, 0.2) is 5.65 Å². The molecule has 0 aliphatic carbocycles. The minimum atomic E-state index is 0.469. The van der Waals surface area contributed by atoms with Gasteiger partial charge in [0.2, 0.25) is 0 Å². The van der Waals surface area contributed by atoms with Crippen LogP contribution in [0.1, 0.15) is 17.0 Å². The van der Waals surface area contributed by atoms with E-state index in [1.807, 2.05) is 48.1 Å². The van der Waals surface area contributed by atoms with Crippen LogP contribution in [-0.2, 0) is 11.3 Å². The van der Waals surface area contributed by atoms with E-state index in [1.165, 1.54) is 0 Å². The normalized spacial score (nSPS) is 14.8. The number of para-hydroxylation sites is 1. The molecule has 5 aromatic rings. The van der Waals surface area contributed by atoms with E-state index in [9.17, 15) is 0 Å². The molecule has 0 saturated carbocycles. The lowest BCUT2D eigenvalue weighted by Crippen LogP contribution is -2.37. The standard InChI is InChI=1S/C24H23N7O2/c1-16-10-22(29-33-16)21-12-23-27-18(11-24(31(23)28-21)30-6-8-32-9-7-30)15-25-13-17-14-26-20-5-3-2-4-19(17)20/h2-5,10-14,26H,6-9,15H2,1H3. The lowest BCUT2D eigenvalue weighted by Gasteiger charge is -2.29. The molecule has 1 aliphatic heterocycles. The van der Waals surface area contributed by atoms with Gasteiger partial charge in [-0.1, -0.05) is 23.4 Å². The highest BCUT2D eigenvalue weighted by Crippen LogP contribution is 2.24. The van der Waals surface area contributed by atoms with Crippen molar-refractivity contribution in [2.24, 2.45) is 4.99 Å². The molecular weight excluding hydrogens is 418 g/mol. The molecule has 9 nitrogen and oxygen atoms in total. The number of aromatic amines is 1. The van der Waals surface area contributed by atoms with E-state index >= 15 is 0 Å². The van der Waals surface area contributed by atoms with E-state index in [0.29, 0.717) is 25.5 Å². The van der Waals surface area contributed by atoms with Crippen LogP contribution in [-0.4, -0.2) is 57.3 Å². The average Bonchev–Trinajstić information content (AvgIpc) is 3.57. The number of fused-ring (bicyclic) bond motifs is 2. The Kier molecular flexibility index (Phi) is 4.88. The van der Waals surface area contributed by atoms with E-state index < -0.39 is 0 Å². The van der Waals surface area contributed by atoms with Crippen LogP contribution in [0.3, 0.4) is 0 Å². The van der Waals surface area contributed by atoms with Crippen molar-refractivity contribution in [3.63, 3.8) is 0 Å². The number of hydrogen-bond donors (Lipinski definition) is 1. The molecule has 1 fully saturated rings. The Bertz CT molecular complexity index is 1460. The molecule has 0 amide bonds. The molecule has 0 atom stereocenters. The number of H-pyrrole nitrogens is 1. The highest BCUT2D eigenvalue weighted by Gasteiger charge is 2.19. The Morgan fingerprint density at radius 1 is 1.12 bits per heavy atom. The van der Waals surface area contributed by atoms with Crippen LogP contribution in [0.25, 0.3) is 27.9 Å². The number of rotatable bonds is 5. The van der Waals surface area contributed by atoms with E-state index in [1.54, 1.807) is 0 Å². The topological polar surface area (TPSA) is 96.8 Å². The first-order chi connectivity index (χ1) is 16.2. The van der Waals surface area contributed by atoms with Gasteiger partial charge in [-0.15, -0.1) is 0 Å². The predicted molar refractivity (Wildman–Crippen MR) is 126 cm³/mol. The number of aliphatic imine (C=N–C) groups is 1. The summed E-state index contributed by atoms with van der Waals surface area (Å²) in [5, 5.41) is 10.0. The van der Waals surface area contributed by atoms with Crippen LogP contribution in [0.4, 0.5) is 5.82 Å². The second-order valence-electron chi connectivity index (χ2n) is 8.09. The van der Waals surface area contributed by atoms with Crippen LogP contribution < -0.4 is 4.90 Å². The number of aryl methyl sites for hydroxylation is 1. The summed E-state index contributed by atoms with van der Waals surface area (Å²) < 4.78 is 12.7. The van der Waals surface area contributed by atoms with Gasteiger partial charge in [-0.25, -0.2) is 4.98 Å². The summed E-state index contributed by atoms with van der Waals surface area (Å²) in [5.41, 5.74) is 5.23. The fourth-order valence-electron chi connectivity index (χ4n) is 4.16. The summed E-state index contributed by atoms with van der Waals surface area (Å²) in [7, 11) is 0. The SMILES string of the molecule is Cc1cc(-c2cc3nc(CN=Cc4c[nH]c5ccccc45)cc(N4CCOCC4)n3n2)no1. The molecule has 5 heterocycles. The maximum absolute atomic E-state index is 5.55. The smallest absolute Gasteiger partial charge is 0.158 e. The lowest BCUT2D eigenvalue weighted by molar-refractivity contribution is 0.122. The Hall–Kier alpha value is -3.98. The number of aromatic nitrogens is 5. The van der Waals surface area contributed by atoms with Gasteiger partial charge >= 0.3 is 0 Å². The summed E-state index contributed by atoms with van der Waals surface area (Å²) in [6.45, 7) is 5.32. The number of anilines is 1. The summed E-state index contributed by atoms with van der Waals surface area (Å²) in [6, 6.07) is 14.1. The fraction of sp³-hybridized carbons (Fsp3) is 0.250. The Morgan fingerprint density at radius 2 is 2.00 bits per heavy atom. The zero-order valence-electron chi connectivity index (χ0n) is 18.2.